The summed E-state index contributed by atoms with van der Waals surface area (Å²) in [6.07, 6.45) is 7.00. The molecule has 5 nitrogen and oxygen atoms in total. The van der Waals surface area contributed by atoms with Crippen molar-refractivity contribution in [1.29, 1.82) is 5.26 Å². The highest BCUT2D eigenvalue weighted by Crippen LogP contribution is 2.41. The second kappa shape index (κ2) is 9.68. The molecule has 4 aromatic rings. The number of esters is 1. The van der Waals surface area contributed by atoms with Crippen molar-refractivity contribution < 1.29 is 9.53 Å². The smallest absolute Gasteiger partial charge is 0.330 e. The van der Waals surface area contributed by atoms with Gasteiger partial charge in [0.05, 0.1) is 18.2 Å². The van der Waals surface area contributed by atoms with E-state index in [0.717, 1.165) is 44.2 Å². The fourth-order valence-electron chi connectivity index (χ4n) is 3.79. The van der Waals surface area contributed by atoms with E-state index >= 15 is 0 Å². The molecule has 0 aliphatic rings. The molecular formula is C27H23N3O2S. The molecule has 0 amide bonds. The summed E-state index contributed by atoms with van der Waals surface area (Å²) in [5.74, 6) is 0.563. The molecule has 2 aromatic heterocycles. The van der Waals surface area contributed by atoms with Gasteiger partial charge in [-0.2, -0.15) is 5.26 Å². The van der Waals surface area contributed by atoms with E-state index < -0.39 is 0 Å². The SMILES string of the molecule is CCOC(=O)C=Cc1scc(-c2ccc(-n3ccnc3C)cc2)c1-c1ccc(C#N)cc1C. The number of nitriles is 1. The van der Waals surface area contributed by atoms with Gasteiger partial charge >= 0.3 is 5.97 Å². The van der Waals surface area contributed by atoms with Gasteiger partial charge in [0, 0.05) is 40.2 Å². The number of benzene rings is 2. The standard InChI is InChI=1S/C27H23N3O2S/c1-4-32-26(31)12-11-25-27(23-10-5-20(16-28)15-18(23)2)24(17-33-25)21-6-8-22(9-7-21)30-14-13-29-19(30)3/h5-15,17H,4H2,1-3H3. The lowest BCUT2D eigenvalue weighted by molar-refractivity contribution is -0.137. The quantitative estimate of drug-likeness (QED) is 0.253. The van der Waals surface area contributed by atoms with E-state index in [-0.39, 0.29) is 5.97 Å². The van der Waals surface area contributed by atoms with Crippen LogP contribution in [0.4, 0.5) is 0 Å². The molecule has 0 unspecified atom stereocenters. The van der Waals surface area contributed by atoms with Crippen LogP contribution in [0, 0.1) is 25.2 Å². The first-order valence-corrected chi connectivity index (χ1v) is 11.5. The van der Waals surface area contributed by atoms with Gasteiger partial charge in [-0.05, 0) is 73.2 Å². The molecule has 0 bridgehead atoms. The average molecular weight is 454 g/mol. The highest BCUT2D eigenvalue weighted by Gasteiger charge is 2.17. The first kappa shape index (κ1) is 22.3. The highest BCUT2D eigenvalue weighted by molar-refractivity contribution is 7.12. The zero-order valence-corrected chi connectivity index (χ0v) is 19.5. The maximum absolute atomic E-state index is 11.9. The van der Waals surface area contributed by atoms with E-state index in [1.54, 1.807) is 24.5 Å². The molecule has 0 atom stereocenters. The van der Waals surface area contributed by atoms with Crippen molar-refractivity contribution in [2.75, 3.05) is 6.61 Å². The molecule has 0 saturated carbocycles. The molecule has 0 spiro atoms. The lowest BCUT2D eigenvalue weighted by Gasteiger charge is -2.12. The molecule has 2 aromatic carbocycles. The molecule has 4 rings (SSSR count). The van der Waals surface area contributed by atoms with Crippen molar-refractivity contribution in [2.45, 2.75) is 20.8 Å². The van der Waals surface area contributed by atoms with Crippen LogP contribution in [0.2, 0.25) is 0 Å². The van der Waals surface area contributed by atoms with Gasteiger partial charge < -0.3 is 9.30 Å². The zero-order chi connectivity index (χ0) is 23.4. The molecule has 0 aliphatic carbocycles. The lowest BCUT2D eigenvalue weighted by atomic mass is 9.92. The van der Waals surface area contributed by atoms with E-state index in [0.29, 0.717) is 12.2 Å². The number of rotatable bonds is 6. The number of hydrogen-bond donors (Lipinski definition) is 0. The Hall–Kier alpha value is -3.95. The van der Waals surface area contributed by atoms with Crippen LogP contribution in [-0.4, -0.2) is 22.1 Å². The van der Waals surface area contributed by atoms with Crippen LogP contribution in [-0.2, 0) is 9.53 Å². The van der Waals surface area contributed by atoms with Crippen molar-refractivity contribution in [3.63, 3.8) is 0 Å². The predicted molar refractivity (Wildman–Crippen MR) is 132 cm³/mol. The van der Waals surface area contributed by atoms with Crippen molar-refractivity contribution >= 4 is 23.4 Å². The normalized spacial score (nSPS) is 11.0. The Morgan fingerprint density at radius 3 is 2.61 bits per heavy atom. The van der Waals surface area contributed by atoms with Crippen molar-refractivity contribution in [2.24, 2.45) is 0 Å². The van der Waals surface area contributed by atoms with Crippen molar-refractivity contribution in [3.8, 4) is 34.0 Å². The maximum atomic E-state index is 11.9. The fraction of sp³-hybridized carbons (Fsp3) is 0.148. The van der Waals surface area contributed by atoms with Crippen LogP contribution in [0.25, 0.3) is 34.0 Å². The van der Waals surface area contributed by atoms with Crippen LogP contribution in [0.3, 0.4) is 0 Å². The number of carbonyl (C=O) groups excluding carboxylic acids is 1. The van der Waals surface area contributed by atoms with E-state index in [9.17, 15) is 10.1 Å². The number of aryl methyl sites for hydroxylation is 2. The first-order chi connectivity index (χ1) is 16.0. The Morgan fingerprint density at radius 1 is 1.18 bits per heavy atom. The van der Waals surface area contributed by atoms with Gasteiger partial charge in [0.25, 0.3) is 0 Å². The summed E-state index contributed by atoms with van der Waals surface area (Å²) in [4.78, 5) is 17.2. The van der Waals surface area contributed by atoms with Gasteiger partial charge in [0.15, 0.2) is 0 Å². The number of aromatic nitrogens is 2. The molecule has 0 radical (unpaired) electrons. The fourth-order valence-corrected chi connectivity index (χ4v) is 4.77. The maximum Gasteiger partial charge on any atom is 0.330 e. The Labute approximate surface area is 197 Å². The van der Waals surface area contributed by atoms with Gasteiger partial charge in [0.1, 0.15) is 5.82 Å². The third-order valence-corrected chi connectivity index (χ3v) is 6.33. The minimum atomic E-state index is -0.366. The average Bonchev–Trinajstić information content (AvgIpc) is 3.44. The molecule has 164 valence electrons. The minimum Gasteiger partial charge on any atom is -0.463 e. The number of thiophene rings is 1. The third-order valence-electron chi connectivity index (χ3n) is 5.38. The predicted octanol–water partition coefficient (Wildman–Crippen LogP) is 6.33. The molecule has 0 fully saturated rings. The molecule has 0 aliphatic heterocycles. The van der Waals surface area contributed by atoms with Crippen molar-refractivity contribution in [3.05, 3.63) is 88.1 Å². The summed E-state index contributed by atoms with van der Waals surface area (Å²) in [6, 6.07) is 16.2. The van der Waals surface area contributed by atoms with E-state index in [1.807, 2.05) is 48.9 Å². The Kier molecular flexibility index (Phi) is 6.53. The summed E-state index contributed by atoms with van der Waals surface area (Å²) < 4.78 is 7.09. The van der Waals surface area contributed by atoms with Gasteiger partial charge in [-0.3, -0.25) is 0 Å². The Morgan fingerprint density at radius 2 is 1.97 bits per heavy atom. The number of nitrogens with zero attached hydrogens (tertiary/aromatic N) is 3. The number of carbonyl (C=O) groups is 1. The monoisotopic (exact) mass is 453 g/mol. The zero-order valence-electron chi connectivity index (χ0n) is 18.7. The summed E-state index contributed by atoms with van der Waals surface area (Å²) in [5.41, 5.74) is 6.88. The first-order valence-electron chi connectivity index (χ1n) is 10.6. The molecule has 0 N–H and O–H groups in total. The Balaban J connectivity index is 1.81. The Bertz CT molecular complexity index is 1370. The molecular weight excluding hydrogens is 430 g/mol. The minimum absolute atomic E-state index is 0.336. The summed E-state index contributed by atoms with van der Waals surface area (Å²) in [5, 5.41) is 11.4. The number of imidazole rings is 1. The third kappa shape index (κ3) is 4.64. The van der Waals surface area contributed by atoms with E-state index in [4.69, 9.17) is 4.74 Å². The number of hydrogen-bond acceptors (Lipinski definition) is 5. The summed E-state index contributed by atoms with van der Waals surface area (Å²) >= 11 is 1.57. The largest absolute Gasteiger partial charge is 0.463 e. The number of ether oxygens (including phenoxy) is 1. The van der Waals surface area contributed by atoms with Gasteiger partial charge in [-0.1, -0.05) is 18.2 Å². The second-order valence-electron chi connectivity index (χ2n) is 7.51. The topological polar surface area (TPSA) is 67.9 Å². The molecule has 2 heterocycles. The van der Waals surface area contributed by atoms with Gasteiger partial charge in [0.2, 0.25) is 0 Å². The van der Waals surface area contributed by atoms with E-state index in [2.05, 4.69) is 40.7 Å². The van der Waals surface area contributed by atoms with Crippen LogP contribution >= 0.6 is 11.3 Å². The second-order valence-corrected chi connectivity index (χ2v) is 8.42. The van der Waals surface area contributed by atoms with E-state index in [1.165, 1.54) is 6.08 Å². The van der Waals surface area contributed by atoms with Gasteiger partial charge in [-0.15, -0.1) is 11.3 Å². The van der Waals surface area contributed by atoms with Crippen LogP contribution in [0.1, 0.15) is 28.8 Å². The highest BCUT2D eigenvalue weighted by atomic mass is 32.1. The molecule has 0 saturated heterocycles. The van der Waals surface area contributed by atoms with Crippen molar-refractivity contribution in [1.82, 2.24) is 9.55 Å². The lowest BCUT2D eigenvalue weighted by Crippen LogP contribution is -1.98. The van der Waals surface area contributed by atoms with Gasteiger partial charge in [-0.25, -0.2) is 9.78 Å². The van der Waals surface area contributed by atoms with Crippen LogP contribution in [0.5, 0.6) is 0 Å². The summed E-state index contributed by atoms with van der Waals surface area (Å²) in [6.45, 7) is 6.10. The molecule has 6 heteroatoms. The van der Waals surface area contributed by atoms with Crippen LogP contribution < -0.4 is 0 Å². The summed E-state index contributed by atoms with van der Waals surface area (Å²) in [7, 11) is 0. The molecule has 33 heavy (non-hydrogen) atoms. The van der Waals surface area contributed by atoms with Crippen LogP contribution in [0.15, 0.2) is 66.3 Å².